The van der Waals surface area contributed by atoms with Crippen LogP contribution in [-0.4, -0.2) is 34.5 Å². The summed E-state index contributed by atoms with van der Waals surface area (Å²) in [6.45, 7) is 4.46. The Kier molecular flexibility index (Phi) is 6.35. The SMILES string of the molecule is CC(C)C[C@H]1C(=O)N[C@H](c2ccccc2)CCN1C(=O)c1cc(-c2ccc(F)cc2)on1. The first kappa shape index (κ1) is 21.7. The van der Waals surface area contributed by atoms with Gasteiger partial charge in [-0.2, -0.15) is 0 Å². The second-order valence-corrected chi connectivity index (χ2v) is 8.49. The smallest absolute Gasteiger partial charge is 0.276 e. The van der Waals surface area contributed by atoms with Gasteiger partial charge in [-0.3, -0.25) is 9.59 Å². The number of aromatic nitrogens is 1. The zero-order valence-corrected chi connectivity index (χ0v) is 18.1. The monoisotopic (exact) mass is 435 g/mol. The number of hydrogen-bond donors (Lipinski definition) is 1. The molecule has 0 saturated carbocycles. The number of carbonyl (C=O) groups is 2. The number of halogens is 1. The van der Waals surface area contributed by atoms with Crippen molar-refractivity contribution in [2.24, 2.45) is 5.92 Å². The highest BCUT2D eigenvalue weighted by Crippen LogP contribution is 2.27. The number of amides is 2. The molecule has 3 aromatic rings. The van der Waals surface area contributed by atoms with E-state index in [0.717, 1.165) is 5.56 Å². The summed E-state index contributed by atoms with van der Waals surface area (Å²) in [5.74, 6) is -0.279. The highest BCUT2D eigenvalue weighted by molar-refractivity contribution is 5.97. The van der Waals surface area contributed by atoms with Crippen LogP contribution in [0.15, 0.2) is 65.2 Å². The highest BCUT2D eigenvalue weighted by Gasteiger charge is 2.36. The fourth-order valence-corrected chi connectivity index (χ4v) is 4.04. The van der Waals surface area contributed by atoms with E-state index in [9.17, 15) is 14.0 Å². The standard InChI is InChI=1S/C25H26FN3O3/c1-16(2)14-22-24(30)27-20(17-6-4-3-5-7-17)12-13-29(22)25(31)21-15-23(32-28-21)18-8-10-19(26)11-9-18/h3-11,15-16,20,22H,12-14H2,1-2H3,(H,27,30)/t20-,22-/m0/s1. The topological polar surface area (TPSA) is 75.4 Å². The van der Waals surface area contributed by atoms with Crippen LogP contribution >= 0.6 is 0 Å². The molecule has 2 atom stereocenters. The maximum Gasteiger partial charge on any atom is 0.276 e. The van der Waals surface area contributed by atoms with Crippen molar-refractivity contribution in [3.05, 3.63) is 77.7 Å². The summed E-state index contributed by atoms with van der Waals surface area (Å²) in [7, 11) is 0. The molecule has 6 nitrogen and oxygen atoms in total. The van der Waals surface area contributed by atoms with E-state index >= 15 is 0 Å². The predicted octanol–water partition coefficient (Wildman–Crippen LogP) is 4.60. The van der Waals surface area contributed by atoms with Gasteiger partial charge < -0.3 is 14.7 Å². The van der Waals surface area contributed by atoms with E-state index < -0.39 is 6.04 Å². The molecule has 4 rings (SSSR count). The van der Waals surface area contributed by atoms with Crippen LogP contribution in [0.25, 0.3) is 11.3 Å². The molecule has 7 heteroatoms. The Labute approximate surface area is 186 Å². The Morgan fingerprint density at radius 2 is 1.91 bits per heavy atom. The van der Waals surface area contributed by atoms with Gasteiger partial charge in [-0.25, -0.2) is 4.39 Å². The lowest BCUT2D eigenvalue weighted by Gasteiger charge is -2.28. The minimum Gasteiger partial charge on any atom is -0.355 e. The van der Waals surface area contributed by atoms with Crippen LogP contribution in [0.5, 0.6) is 0 Å². The third-order valence-corrected chi connectivity index (χ3v) is 5.67. The Hall–Kier alpha value is -3.48. The van der Waals surface area contributed by atoms with Gasteiger partial charge in [-0.15, -0.1) is 0 Å². The van der Waals surface area contributed by atoms with E-state index in [1.54, 1.807) is 23.1 Å². The van der Waals surface area contributed by atoms with Crippen molar-refractivity contribution in [3.8, 4) is 11.3 Å². The molecule has 1 aromatic heterocycles. The van der Waals surface area contributed by atoms with Crippen molar-refractivity contribution in [3.63, 3.8) is 0 Å². The van der Waals surface area contributed by atoms with Gasteiger partial charge in [-0.1, -0.05) is 49.3 Å². The summed E-state index contributed by atoms with van der Waals surface area (Å²) in [5.41, 5.74) is 1.76. The molecular weight excluding hydrogens is 409 g/mol. The first-order valence-corrected chi connectivity index (χ1v) is 10.8. The highest BCUT2D eigenvalue weighted by atomic mass is 19.1. The third-order valence-electron chi connectivity index (χ3n) is 5.67. The molecule has 1 fully saturated rings. The van der Waals surface area contributed by atoms with E-state index in [1.165, 1.54) is 12.1 Å². The minimum absolute atomic E-state index is 0.129. The van der Waals surface area contributed by atoms with Crippen molar-refractivity contribution >= 4 is 11.8 Å². The largest absolute Gasteiger partial charge is 0.355 e. The summed E-state index contributed by atoms with van der Waals surface area (Å²) in [5, 5.41) is 7.06. The summed E-state index contributed by atoms with van der Waals surface area (Å²) in [4.78, 5) is 28.2. The molecule has 0 spiro atoms. The van der Waals surface area contributed by atoms with Crippen molar-refractivity contribution < 1.29 is 18.5 Å². The van der Waals surface area contributed by atoms with Crippen molar-refractivity contribution in [1.82, 2.24) is 15.4 Å². The van der Waals surface area contributed by atoms with Gasteiger partial charge in [0.25, 0.3) is 5.91 Å². The van der Waals surface area contributed by atoms with Crippen LogP contribution in [-0.2, 0) is 4.79 Å². The normalized spacial score (nSPS) is 19.0. The minimum atomic E-state index is -0.595. The van der Waals surface area contributed by atoms with Gasteiger partial charge in [0.1, 0.15) is 11.9 Å². The fourth-order valence-electron chi connectivity index (χ4n) is 4.04. The van der Waals surface area contributed by atoms with Gasteiger partial charge in [0.2, 0.25) is 5.91 Å². The van der Waals surface area contributed by atoms with Gasteiger partial charge in [0.15, 0.2) is 11.5 Å². The zero-order chi connectivity index (χ0) is 22.7. The van der Waals surface area contributed by atoms with Crippen molar-refractivity contribution in [2.45, 2.75) is 38.8 Å². The predicted molar refractivity (Wildman–Crippen MR) is 118 cm³/mol. The van der Waals surface area contributed by atoms with Crippen LogP contribution in [0.1, 0.15) is 48.8 Å². The Morgan fingerprint density at radius 3 is 2.59 bits per heavy atom. The first-order chi connectivity index (χ1) is 15.4. The van der Waals surface area contributed by atoms with Crippen LogP contribution < -0.4 is 5.32 Å². The third kappa shape index (κ3) is 4.72. The number of hydrogen-bond acceptors (Lipinski definition) is 4. The first-order valence-electron chi connectivity index (χ1n) is 10.8. The Bertz CT molecular complexity index is 1080. The molecule has 1 aliphatic rings. The lowest BCUT2D eigenvalue weighted by molar-refractivity contribution is -0.125. The molecule has 2 amide bonds. The van der Waals surface area contributed by atoms with Gasteiger partial charge >= 0.3 is 0 Å². The van der Waals surface area contributed by atoms with Gasteiger partial charge in [0, 0.05) is 18.2 Å². The summed E-state index contributed by atoms with van der Waals surface area (Å²) >= 11 is 0. The maximum absolute atomic E-state index is 13.4. The van der Waals surface area contributed by atoms with Crippen molar-refractivity contribution in [1.29, 1.82) is 0 Å². The second kappa shape index (κ2) is 9.34. The Morgan fingerprint density at radius 1 is 1.19 bits per heavy atom. The van der Waals surface area contributed by atoms with Crippen LogP contribution in [0.2, 0.25) is 0 Å². The average molecular weight is 435 g/mol. The lowest BCUT2D eigenvalue weighted by Crippen LogP contribution is -2.48. The summed E-state index contributed by atoms with van der Waals surface area (Å²) < 4.78 is 18.6. The van der Waals surface area contributed by atoms with E-state index in [-0.39, 0.29) is 35.3 Å². The average Bonchev–Trinajstić information content (AvgIpc) is 3.22. The Balaban J connectivity index is 1.60. The van der Waals surface area contributed by atoms with Gasteiger partial charge in [-0.05, 0) is 48.6 Å². The summed E-state index contributed by atoms with van der Waals surface area (Å²) in [6, 6.07) is 16.3. The number of nitrogens with one attached hydrogen (secondary N) is 1. The molecule has 0 bridgehead atoms. The number of carbonyl (C=O) groups excluding carboxylic acids is 2. The van der Waals surface area contributed by atoms with Crippen molar-refractivity contribution in [2.75, 3.05) is 6.54 Å². The lowest BCUT2D eigenvalue weighted by atomic mass is 10.0. The maximum atomic E-state index is 13.4. The van der Waals surface area contributed by atoms with E-state index in [4.69, 9.17) is 4.52 Å². The quantitative estimate of drug-likeness (QED) is 0.636. The molecule has 0 aliphatic carbocycles. The molecule has 2 aromatic carbocycles. The van der Waals surface area contributed by atoms with Crippen LogP contribution in [0, 0.1) is 11.7 Å². The second-order valence-electron chi connectivity index (χ2n) is 8.49. The van der Waals surface area contributed by atoms with E-state index in [0.29, 0.717) is 30.7 Å². The van der Waals surface area contributed by atoms with Crippen LogP contribution in [0.3, 0.4) is 0 Å². The number of rotatable bonds is 5. The summed E-state index contributed by atoms with van der Waals surface area (Å²) in [6.07, 6.45) is 1.14. The molecule has 166 valence electrons. The molecule has 2 heterocycles. The molecule has 1 saturated heterocycles. The fraction of sp³-hybridized carbons (Fsp3) is 0.320. The molecule has 1 aliphatic heterocycles. The van der Waals surface area contributed by atoms with E-state index in [1.807, 2.05) is 44.2 Å². The molecular formula is C25H26FN3O3. The number of nitrogens with zero attached hydrogens (tertiary/aromatic N) is 2. The molecule has 32 heavy (non-hydrogen) atoms. The zero-order valence-electron chi connectivity index (χ0n) is 18.1. The van der Waals surface area contributed by atoms with Gasteiger partial charge in [0.05, 0.1) is 6.04 Å². The number of benzene rings is 2. The molecule has 0 unspecified atom stereocenters. The van der Waals surface area contributed by atoms with Crippen LogP contribution in [0.4, 0.5) is 4.39 Å². The van der Waals surface area contributed by atoms with E-state index in [2.05, 4.69) is 10.5 Å². The molecule has 0 radical (unpaired) electrons. The molecule has 1 N–H and O–H groups in total.